The summed E-state index contributed by atoms with van der Waals surface area (Å²) >= 11 is 0. The largest absolute Gasteiger partial charge is 0.0654 e. The molecule has 128 valence electrons. The monoisotopic (exact) mass is 312 g/mol. The molecule has 0 amide bonds. The van der Waals surface area contributed by atoms with Gasteiger partial charge in [-0.15, -0.1) is 0 Å². The molecule has 0 radical (unpaired) electrons. The highest BCUT2D eigenvalue weighted by Crippen LogP contribution is 2.39. The lowest BCUT2D eigenvalue weighted by molar-refractivity contribution is 0.476. The van der Waals surface area contributed by atoms with Gasteiger partial charge in [-0.25, -0.2) is 0 Å². The van der Waals surface area contributed by atoms with Gasteiger partial charge in [0, 0.05) is 0 Å². The molecule has 0 rings (SSSR count). The average Bonchev–Trinajstić information content (AvgIpc) is 2.31. The van der Waals surface area contributed by atoms with Crippen LogP contribution in [0.4, 0.5) is 0 Å². The first-order valence-corrected chi connectivity index (χ1v) is 12.6. The van der Waals surface area contributed by atoms with Crippen LogP contribution in [0.2, 0.25) is 24.2 Å². The molecule has 0 saturated heterocycles. The van der Waals surface area contributed by atoms with Crippen LogP contribution in [-0.2, 0) is 0 Å². The lowest BCUT2D eigenvalue weighted by Gasteiger charge is -2.39. The third kappa shape index (κ3) is 9.76. The molecule has 0 nitrogen and oxygen atoms in total. The van der Waals surface area contributed by atoms with E-state index in [9.17, 15) is 0 Å². The van der Waals surface area contributed by atoms with Crippen molar-refractivity contribution in [3.05, 3.63) is 0 Å². The second kappa shape index (κ2) is 10.9. The molecule has 1 atom stereocenters. The highest BCUT2D eigenvalue weighted by molar-refractivity contribution is 6.80. The van der Waals surface area contributed by atoms with E-state index in [0.29, 0.717) is 0 Å². The van der Waals surface area contributed by atoms with Gasteiger partial charge in [0.25, 0.3) is 0 Å². The Morgan fingerprint density at radius 2 is 1.10 bits per heavy atom. The van der Waals surface area contributed by atoms with Crippen molar-refractivity contribution in [3.8, 4) is 0 Å². The van der Waals surface area contributed by atoms with Gasteiger partial charge in [0.1, 0.15) is 0 Å². The van der Waals surface area contributed by atoms with Crippen LogP contribution in [0.15, 0.2) is 0 Å². The van der Waals surface area contributed by atoms with Crippen LogP contribution in [0, 0.1) is 23.7 Å². The molecule has 0 aliphatic heterocycles. The third-order valence-electron chi connectivity index (χ3n) is 4.79. The number of hydrogen-bond acceptors (Lipinski definition) is 0. The molecule has 1 heteroatoms. The first-order valence-electron chi connectivity index (χ1n) is 9.74. The summed E-state index contributed by atoms with van der Waals surface area (Å²) < 4.78 is 0. The molecule has 0 aliphatic rings. The SMILES string of the molecule is CCCCC(CC)C[Si](CC(C)C)(CC(C)C)CC(C)C. The first kappa shape index (κ1) is 21.2. The van der Waals surface area contributed by atoms with Gasteiger partial charge < -0.3 is 0 Å². The molecule has 0 bridgehead atoms. The molecule has 0 fully saturated rings. The van der Waals surface area contributed by atoms with E-state index in [-0.39, 0.29) is 0 Å². The summed E-state index contributed by atoms with van der Waals surface area (Å²) in [6.07, 6.45) is 5.69. The number of rotatable bonds is 12. The minimum Gasteiger partial charge on any atom is -0.0654 e. The van der Waals surface area contributed by atoms with Crippen LogP contribution >= 0.6 is 0 Å². The van der Waals surface area contributed by atoms with Crippen molar-refractivity contribution in [2.75, 3.05) is 0 Å². The fraction of sp³-hybridized carbons (Fsp3) is 1.00. The van der Waals surface area contributed by atoms with Crippen molar-refractivity contribution in [2.24, 2.45) is 23.7 Å². The van der Waals surface area contributed by atoms with E-state index in [4.69, 9.17) is 0 Å². The summed E-state index contributed by atoms with van der Waals surface area (Å²) in [7, 11) is -1.12. The average molecular weight is 313 g/mol. The second-order valence-electron chi connectivity index (χ2n) is 8.91. The van der Waals surface area contributed by atoms with Crippen molar-refractivity contribution in [1.82, 2.24) is 0 Å². The van der Waals surface area contributed by atoms with Gasteiger partial charge in [-0.2, -0.15) is 0 Å². The lowest BCUT2D eigenvalue weighted by atomic mass is 10.0. The number of hydrogen-bond donors (Lipinski definition) is 0. The van der Waals surface area contributed by atoms with Gasteiger partial charge in [-0.3, -0.25) is 0 Å². The van der Waals surface area contributed by atoms with E-state index >= 15 is 0 Å². The quantitative estimate of drug-likeness (QED) is 0.325. The zero-order valence-corrected chi connectivity index (χ0v) is 17.5. The highest BCUT2D eigenvalue weighted by Gasteiger charge is 2.36. The molecule has 0 spiro atoms. The molecular weight excluding hydrogens is 268 g/mol. The highest BCUT2D eigenvalue weighted by atomic mass is 28.3. The van der Waals surface area contributed by atoms with Gasteiger partial charge in [0.05, 0.1) is 8.07 Å². The number of unbranched alkanes of at least 4 members (excludes halogenated alkanes) is 1. The fourth-order valence-corrected chi connectivity index (χ4v) is 12.6. The molecular formula is C20H44Si. The summed E-state index contributed by atoms with van der Waals surface area (Å²) in [5, 5.41) is 0. The van der Waals surface area contributed by atoms with E-state index in [1.807, 2.05) is 0 Å². The van der Waals surface area contributed by atoms with Crippen LogP contribution in [0.5, 0.6) is 0 Å². The molecule has 0 aromatic carbocycles. The zero-order chi connectivity index (χ0) is 16.5. The summed E-state index contributed by atoms with van der Waals surface area (Å²) in [6.45, 7) is 19.5. The normalized spacial score (nSPS) is 14.4. The minimum atomic E-state index is -1.12. The van der Waals surface area contributed by atoms with Crippen LogP contribution in [0.25, 0.3) is 0 Å². The van der Waals surface area contributed by atoms with E-state index < -0.39 is 8.07 Å². The Morgan fingerprint density at radius 1 is 0.667 bits per heavy atom. The minimum absolute atomic E-state index is 0.887. The predicted molar refractivity (Wildman–Crippen MR) is 103 cm³/mol. The van der Waals surface area contributed by atoms with Gasteiger partial charge in [0.2, 0.25) is 0 Å². The molecule has 0 saturated carbocycles. The maximum absolute atomic E-state index is 2.45. The lowest BCUT2D eigenvalue weighted by Crippen LogP contribution is -2.40. The first-order chi connectivity index (χ1) is 9.74. The zero-order valence-electron chi connectivity index (χ0n) is 16.5. The molecule has 0 heterocycles. The molecule has 0 N–H and O–H groups in total. The molecule has 0 aromatic heterocycles. The summed E-state index contributed by atoms with van der Waals surface area (Å²) in [4.78, 5) is 0. The maximum atomic E-state index is 2.45. The Kier molecular flexibility index (Phi) is 11.0. The Bertz CT molecular complexity index is 216. The smallest absolute Gasteiger partial charge is 0.0546 e. The van der Waals surface area contributed by atoms with Crippen LogP contribution in [-0.4, -0.2) is 8.07 Å². The van der Waals surface area contributed by atoms with E-state index in [2.05, 4.69) is 55.4 Å². The van der Waals surface area contributed by atoms with E-state index in [1.54, 1.807) is 24.2 Å². The molecule has 21 heavy (non-hydrogen) atoms. The maximum Gasteiger partial charge on any atom is 0.0546 e. The van der Waals surface area contributed by atoms with Crippen LogP contribution < -0.4 is 0 Å². The molecule has 0 aromatic rings. The summed E-state index contributed by atoms with van der Waals surface area (Å²) in [5.41, 5.74) is 0. The summed E-state index contributed by atoms with van der Waals surface area (Å²) in [5.74, 6) is 3.67. The standard InChI is InChI=1S/C20H44Si/c1-9-11-12-20(10-2)16-21(13-17(3)4,14-18(5)6)15-19(7)8/h17-20H,9-16H2,1-8H3. The van der Waals surface area contributed by atoms with Crippen LogP contribution in [0.3, 0.4) is 0 Å². The second-order valence-corrected chi connectivity index (χ2v) is 13.5. The van der Waals surface area contributed by atoms with Crippen LogP contribution in [0.1, 0.15) is 81.1 Å². The van der Waals surface area contributed by atoms with Gasteiger partial charge in [-0.1, -0.05) is 105 Å². The van der Waals surface area contributed by atoms with Crippen molar-refractivity contribution in [1.29, 1.82) is 0 Å². The van der Waals surface area contributed by atoms with Crippen molar-refractivity contribution >= 4 is 8.07 Å². The van der Waals surface area contributed by atoms with Crippen molar-refractivity contribution < 1.29 is 0 Å². The molecule has 1 unspecified atom stereocenters. The topological polar surface area (TPSA) is 0 Å². The Labute approximate surface area is 137 Å². The Balaban J connectivity index is 5.09. The molecule has 0 aliphatic carbocycles. The van der Waals surface area contributed by atoms with E-state index in [1.165, 1.54) is 25.7 Å². The Hall–Kier alpha value is 0.217. The fourth-order valence-electron chi connectivity index (χ4n) is 4.65. The van der Waals surface area contributed by atoms with E-state index in [0.717, 1.165) is 23.7 Å². The van der Waals surface area contributed by atoms with Gasteiger partial charge in [0.15, 0.2) is 0 Å². The van der Waals surface area contributed by atoms with Crippen molar-refractivity contribution in [2.45, 2.75) is 105 Å². The summed E-state index contributed by atoms with van der Waals surface area (Å²) in [6, 6.07) is 6.29. The van der Waals surface area contributed by atoms with Gasteiger partial charge in [-0.05, 0) is 23.7 Å². The Morgan fingerprint density at radius 3 is 1.38 bits per heavy atom. The van der Waals surface area contributed by atoms with Gasteiger partial charge >= 0.3 is 0 Å². The third-order valence-corrected chi connectivity index (χ3v) is 11.3. The van der Waals surface area contributed by atoms with Crippen molar-refractivity contribution in [3.63, 3.8) is 0 Å². The predicted octanol–water partition coefficient (Wildman–Crippen LogP) is 7.62.